The third-order valence-corrected chi connectivity index (χ3v) is 8.57. The second-order valence-corrected chi connectivity index (χ2v) is 11.7. The molecule has 1 fully saturated rings. The molecule has 4 atom stereocenters. The van der Waals surface area contributed by atoms with Crippen molar-refractivity contribution in [3.8, 4) is 11.5 Å². The molecule has 0 radical (unpaired) electrons. The van der Waals surface area contributed by atoms with Crippen LogP contribution in [0.15, 0.2) is 96.4 Å². The second kappa shape index (κ2) is 12.3. The van der Waals surface area contributed by atoms with Crippen LogP contribution in [-0.4, -0.2) is 39.0 Å². The number of amides is 1. The van der Waals surface area contributed by atoms with Gasteiger partial charge in [0.15, 0.2) is 5.70 Å². The second-order valence-electron chi connectivity index (χ2n) is 10.2. The Bertz CT molecular complexity index is 1530. The molecule has 1 N–H and O–H groups in total. The Balaban J connectivity index is 1.51. The van der Waals surface area contributed by atoms with E-state index in [-0.39, 0.29) is 41.7 Å². The number of nitro groups is 1. The number of ether oxygens (including phenoxy) is 1. The monoisotopic (exact) mass is 608 g/mol. The number of nitrogens with zero attached hydrogens (tertiary/aromatic N) is 2. The molecular formula is C30H29N2O10P. The van der Waals surface area contributed by atoms with E-state index in [9.17, 15) is 29.4 Å². The van der Waals surface area contributed by atoms with E-state index < -0.39 is 48.6 Å². The summed E-state index contributed by atoms with van der Waals surface area (Å²) in [6.45, 7) is 2.97. The first-order valence-corrected chi connectivity index (χ1v) is 15.0. The highest BCUT2D eigenvalue weighted by molar-refractivity contribution is 7.49. The van der Waals surface area contributed by atoms with Crippen LogP contribution in [0.1, 0.15) is 25.8 Å². The van der Waals surface area contributed by atoms with Crippen LogP contribution in [0, 0.1) is 22.0 Å². The van der Waals surface area contributed by atoms with Crippen molar-refractivity contribution < 1.29 is 42.5 Å². The molecule has 0 bridgehead atoms. The van der Waals surface area contributed by atoms with E-state index in [1.807, 2.05) is 0 Å². The molecule has 13 heteroatoms. The van der Waals surface area contributed by atoms with Gasteiger partial charge in [0.25, 0.3) is 5.69 Å². The van der Waals surface area contributed by atoms with E-state index in [0.717, 1.165) is 0 Å². The van der Waals surface area contributed by atoms with Crippen molar-refractivity contribution in [3.63, 3.8) is 0 Å². The number of aliphatic hydroxyl groups excluding tert-OH is 1. The highest BCUT2D eigenvalue weighted by Crippen LogP contribution is 2.56. The Kier molecular flexibility index (Phi) is 8.52. The minimum absolute atomic E-state index is 0.0161. The Morgan fingerprint density at radius 2 is 1.56 bits per heavy atom. The molecule has 0 aromatic heterocycles. The molecule has 12 nitrogen and oxygen atoms in total. The number of non-ortho nitro benzene ring substituents is 1. The average molecular weight is 609 g/mol. The lowest BCUT2D eigenvalue weighted by Gasteiger charge is -2.27. The number of carbonyl (C=O) groups is 2. The molecule has 43 heavy (non-hydrogen) atoms. The number of aliphatic hydroxyl groups is 1. The molecule has 1 unspecified atom stereocenters. The number of fused-ring (bicyclic) bond motifs is 1. The minimum atomic E-state index is -4.55. The predicted octanol–water partition coefficient (Wildman–Crippen LogP) is 5.38. The van der Waals surface area contributed by atoms with Gasteiger partial charge in [0.05, 0.1) is 17.1 Å². The van der Waals surface area contributed by atoms with E-state index in [1.54, 1.807) is 74.5 Å². The van der Waals surface area contributed by atoms with Crippen molar-refractivity contribution in [2.45, 2.75) is 39.0 Å². The third-order valence-electron chi connectivity index (χ3n) is 7.28. The van der Waals surface area contributed by atoms with Crippen LogP contribution < -0.4 is 9.05 Å². The first-order valence-electron chi connectivity index (χ1n) is 13.5. The maximum absolute atomic E-state index is 14.2. The maximum atomic E-state index is 14.2. The molecule has 0 aliphatic carbocycles. The first kappa shape index (κ1) is 29.8. The van der Waals surface area contributed by atoms with Crippen molar-refractivity contribution >= 4 is 25.4 Å². The summed E-state index contributed by atoms with van der Waals surface area (Å²) >= 11 is 0. The number of esters is 1. The summed E-state index contributed by atoms with van der Waals surface area (Å²) in [4.78, 5) is 38.5. The average Bonchev–Trinajstić information content (AvgIpc) is 3.47. The zero-order chi connectivity index (χ0) is 30.7. The first-order chi connectivity index (χ1) is 20.6. The number of carbonyl (C=O) groups excluding carboxylic acids is 2. The molecule has 224 valence electrons. The van der Waals surface area contributed by atoms with Gasteiger partial charge in [0.2, 0.25) is 5.91 Å². The van der Waals surface area contributed by atoms with Crippen LogP contribution in [0.4, 0.5) is 5.69 Å². The SMILES string of the molecule is C[C@@H](O)C1CC(=O)N2C(C(=O)OCc3ccc([N+](=O)[O-])cc3)=C(OP(=O)(Oc3ccccc3)Oc3ccccc3)[C@H](C)[C@H]12. The van der Waals surface area contributed by atoms with Crippen molar-refractivity contribution in [2.75, 3.05) is 0 Å². The largest absolute Gasteiger partial charge is 0.646 e. The van der Waals surface area contributed by atoms with Crippen LogP contribution in [-0.2, 0) is 30.0 Å². The van der Waals surface area contributed by atoms with Crippen LogP contribution in [0.5, 0.6) is 11.5 Å². The standard InChI is InChI=1S/C30H29N2O10P/c1-19-27-25(20(2)33)17-26(34)31(27)28(30(35)39-18-21-13-15-22(16-14-21)32(36)37)29(19)42-43(38,40-23-9-5-3-6-10-23)41-24-11-7-4-8-12-24/h3-16,19-20,25,27,33H,17-18H2,1-2H3/t19-,20-,25?,27-/m1/s1. The topological polar surface area (TPSA) is 155 Å². The molecule has 3 aromatic rings. The van der Waals surface area contributed by atoms with Gasteiger partial charge in [-0.05, 0) is 48.9 Å². The highest BCUT2D eigenvalue weighted by Gasteiger charge is 2.56. The Morgan fingerprint density at radius 3 is 2.07 bits per heavy atom. The molecule has 2 aliphatic heterocycles. The van der Waals surface area contributed by atoms with Gasteiger partial charge >= 0.3 is 13.8 Å². The van der Waals surface area contributed by atoms with Crippen molar-refractivity contribution in [2.24, 2.45) is 11.8 Å². The molecule has 0 spiro atoms. The molecule has 0 saturated carbocycles. The van der Waals surface area contributed by atoms with Crippen molar-refractivity contribution in [3.05, 3.63) is 112 Å². The van der Waals surface area contributed by atoms with Crippen molar-refractivity contribution in [1.82, 2.24) is 4.90 Å². The van der Waals surface area contributed by atoms with E-state index in [1.165, 1.54) is 29.2 Å². The van der Waals surface area contributed by atoms with Gasteiger partial charge in [-0.2, -0.15) is 4.57 Å². The summed E-state index contributed by atoms with van der Waals surface area (Å²) in [5.41, 5.74) is 0.0613. The van der Waals surface area contributed by atoms with Gasteiger partial charge in [-0.3, -0.25) is 19.8 Å². The zero-order valence-corrected chi connectivity index (χ0v) is 24.2. The molecule has 1 saturated heterocycles. The fourth-order valence-electron chi connectivity index (χ4n) is 5.25. The van der Waals surface area contributed by atoms with Gasteiger partial charge in [-0.1, -0.05) is 43.3 Å². The fraction of sp³-hybridized carbons (Fsp3) is 0.267. The van der Waals surface area contributed by atoms with Crippen molar-refractivity contribution in [1.29, 1.82) is 0 Å². The summed E-state index contributed by atoms with van der Waals surface area (Å²) in [5, 5.41) is 21.5. The van der Waals surface area contributed by atoms with Crippen LogP contribution in [0.3, 0.4) is 0 Å². The quantitative estimate of drug-likeness (QED) is 0.130. The Hall–Kier alpha value is -4.67. The Morgan fingerprint density at radius 1 is 1.00 bits per heavy atom. The van der Waals surface area contributed by atoms with Crippen LogP contribution in [0.2, 0.25) is 0 Å². The lowest BCUT2D eigenvalue weighted by molar-refractivity contribution is -0.384. The smallest absolute Gasteiger partial charge is 0.456 e. The van der Waals surface area contributed by atoms with E-state index in [2.05, 4.69) is 0 Å². The van der Waals surface area contributed by atoms with E-state index in [0.29, 0.717) is 5.56 Å². The number of nitro benzene ring substituents is 1. The summed E-state index contributed by atoms with van der Waals surface area (Å²) < 4.78 is 37.3. The zero-order valence-electron chi connectivity index (χ0n) is 23.3. The molecule has 2 heterocycles. The number of benzene rings is 3. The molecule has 1 amide bonds. The number of phosphoric acid groups is 1. The van der Waals surface area contributed by atoms with Gasteiger partial charge in [0.1, 0.15) is 23.9 Å². The normalized spacial score (nSPS) is 20.4. The minimum Gasteiger partial charge on any atom is -0.456 e. The molecule has 2 aliphatic rings. The maximum Gasteiger partial charge on any atom is 0.646 e. The summed E-state index contributed by atoms with van der Waals surface area (Å²) in [6, 6.07) is 21.1. The lowest BCUT2D eigenvalue weighted by atomic mass is 9.87. The number of hydrogen-bond acceptors (Lipinski definition) is 10. The number of para-hydroxylation sites is 2. The third kappa shape index (κ3) is 6.40. The molecular weight excluding hydrogens is 579 g/mol. The summed E-state index contributed by atoms with van der Waals surface area (Å²) in [5.74, 6) is -2.44. The van der Waals surface area contributed by atoms with Crippen LogP contribution >= 0.6 is 7.82 Å². The highest BCUT2D eigenvalue weighted by atomic mass is 31.2. The number of hydrogen-bond donors (Lipinski definition) is 1. The van der Waals surface area contributed by atoms with Gasteiger partial charge in [-0.25, -0.2) is 4.79 Å². The fourth-order valence-corrected chi connectivity index (χ4v) is 6.61. The Labute approximate surface area is 247 Å². The van der Waals surface area contributed by atoms with Gasteiger partial charge in [-0.15, -0.1) is 0 Å². The lowest BCUT2D eigenvalue weighted by Crippen LogP contribution is -2.38. The van der Waals surface area contributed by atoms with Gasteiger partial charge in [0, 0.05) is 30.4 Å². The van der Waals surface area contributed by atoms with Gasteiger partial charge < -0.3 is 23.4 Å². The predicted molar refractivity (Wildman–Crippen MR) is 152 cm³/mol. The summed E-state index contributed by atoms with van der Waals surface area (Å²) in [7, 11) is -4.55. The summed E-state index contributed by atoms with van der Waals surface area (Å²) in [6.07, 6.45) is -0.913. The number of rotatable bonds is 11. The molecule has 5 rings (SSSR count). The van der Waals surface area contributed by atoms with Crippen LogP contribution in [0.25, 0.3) is 0 Å². The number of phosphoric ester groups is 1. The molecule has 3 aromatic carbocycles. The van der Waals surface area contributed by atoms with E-state index >= 15 is 0 Å². The van der Waals surface area contributed by atoms with E-state index in [4.69, 9.17) is 18.3 Å².